The van der Waals surface area contributed by atoms with Crippen LogP contribution in [0.2, 0.25) is 0 Å². The first-order valence-corrected chi connectivity index (χ1v) is 8.87. The van der Waals surface area contributed by atoms with Gasteiger partial charge < -0.3 is 4.90 Å². The molecular formula is C18H23ClN6O2. The van der Waals surface area contributed by atoms with Crippen LogP contribution in [-0.2, 0) is 11.3 Å². The number of fused-ring (bicyclic) bond motifs is 1. The molecule has 3 aromatic heterocycles. The van der Waals surface area contributed by atoms with Gasteiger partial charge in [0.15, 0.2) is 5.65 Å². The summed E-state index contributed by atoms with van der Waals surface area (Å²) < 4.78 is 3.18. The summed E-state index contributed by atoms with van der Waals surface area (Å²) in [4.78, 5) is 31.2. The zero-order valence-electron chi connectivity index (χ0n) is 15.4. The van der Waals surface area contributed by atoms with Crippen molar-refractivity contribution in [3.05, 3.63) is 51.8 Å². The van der Waals surface area contributed by atoms with Crippen LogP contribution in [0.15, 0.2) is 29.2 Å². The van der Waals surface area contributed by atoms with Crippen LogP contribution < -0.4 is 5.56 Å². The lowest BCUT2D eigenvalue weighted by Gasteiger charge is -2.31. The fourth-order valence-corrected chi connectivity index (χ4v) is 3.64. The van der Waals surface area contributed by atoms with E-state index in [4.69, 9.17) is 0 Å². The molecular weight excluding hydrogens is 368 g/mol. The quantitative estimate of drug-likeness (QED) is 0.736. The van der Waals surface area contributed by atoms with Crippen molar-refractivity contribution in [3.63, 3.8) is 0 Å². The number of piperidine rings is 1. The van der Waals surface area contributed by atoms with Gasteiger partial charge in [-0.05, 0) is 32.8 Å². The lowest BCUT2D eigenvalue weighted by molar-refractivity contribution is -0.133. The van der Waals surface area contributed by atoms with Crippen LogP contribution in [0.5, 0.6) is 0 Å². The Labute approximate surface area is 162 Å². The van der Waals surface area contributed by atoms with Crippen LogP contribution in [0.25, 0.3) is 5.65 Å². The first-order valence-electron chi connectivity index (χ1n) is 8.87. The molecule has 3 aromatic rings. The molecule has 1 aliphatic rings. The molecule has 144 valence electrons. The van der Waals surface area contributed by atoms with Gasteiger partial charge in [0, 0.05) is 43.0 Å². The predicted octanol–water partition coefficient (Wildman–Crippen LogP) is 1.66. The number of aryl methyl sites for hydroxylation is 2. The number of amides is 1. The lowest BCUT2D eigenvalue weighted by atomic mass is 9.93. The molecule has 1 saturated heterocycles. The number of hydrogen-bond acceptors (Lipinski definition) is 4. The number of likely N-dealkylation sites (tertiary alicyclic amines) is 1. The van der Waals surface area contributed by atoms with E-state index >= 15 is 0 Å². The van der Waals surface area contributed by atoms with E-state index in [1.165, 1.54) is 4.52 Å². The molecule has 0 aliphatic carbocycles. The van der Waals surface area contributed by atoms with Crippen LogP contribution in [0, 0.1) is 13.8 Å². The maximum atomic E-state index is 12.6. The topological polar surface area (TPSA) is 88.3 Å². The molecule has 0 bridgehead atoms. The minimum absolute atomic E-state index is 0. The highest BCUT2D eigenvalue weighted by Gasteiger charge is 2.25. The molecule has 4 heterocycles. The number of aromatic nitrogens is 5. The lowest BCUT2D eigenvalue weighted by Crippen LogP contribution is -2.40. The van der Waals surface area contributed by atoms with Crippen LogP contribution in [0.3, 0.4) is 0 Å². The van der Waals surface area contributed by atoms with E-state index in [9.17, 15) is 9.59 Å². The highest BCUT2D eigenvalue weighted by molar-refractivity contribution is 5.85. The summed E-state index contributed by atoms with van der Waals surface area (Å²) in [5.41, 5.74) is 3.27. The van der Waals surface area contributed by atoms with Gasteiger partial charge in [-0.3, -0.25) is 19.4 Å². The van der Waals surface area contributed by atoms with E-state index in [2.05, 4.69) is 15.2 Å². The average Bonchev–Trinajstić information content (AvgIpc) is 3.21. The molecule has 0 aromatic carbocycles. The molecule has 4 rings (SSSR count). The van der Waals surface area contributed by atoms with Gasteiger partial charge in [-0.25, -0.2) is 9.50 Å². The Hall–Kier alpha value is -2.61. The highest BCUT2D eigenvalue weighted by Crippen LogP contribution is 2.26. The fourth-order valence-electron chi connectivity index (χ4n) is 3.64. The van der Waals surface area contributed by atoms with Gasteiger partial charge in [-0.2, -0.15) is 5.10 Å². The maximum absolute atomic E-state index is 12.6. The van der Waals surface area contributed by atoms with Crippen LogP contribution in [-0.4, -0.2) is 48.3 Å². The number of rotatable bonds is 3. The van der Waals surface area contributed by atoms with Gasteiger partial charge in [0.1, 0.15) is 6.54 Å². The van der Waals surface area contributed by atoms with Gasteiger partial charge in [0.05, 0.1) is 11.4 Å². The summed E-state index contributed by atoms with van der Waals surface area (Å²) in [6.45, 7) is 5.52. The average molecular weight is 391 g/mol. The first-order chi connectivity index (χ1) is 12.5. The summed E-state index contributed by atoms with van der Waals surface area (Å²) in [6.07, 6.45) is 3.33. The number of nitrogens with one attached hydrogen (secondary N) is 1. The molecule has 1 amide bonds. The summed E-state index contributed by atoms with van der Waals surface area (Å²) in [7, 11) is 0. The largest absolute Gasteiger partial charge is 0.341 e. The molecule has 1 aliphatic heterocycles. The van der Waals surface area contributed by atoms with E-state index in [1.54, 1.807) is 23.0 Å². The second-order valence-corrected chi connectivity index (χ2v) is 6.92. The number of hydrogen-bond donors (Lipinski definition) is 1. The SMILES string of the molecule is Cc1cc(C)n(CC(=O)N2CCC(c3cc(=O)n4[nH]ccc4n3)CC2)n1.Cl. The normalized spacial score (nSPS) is 15.1. The second kappa shape index (κ2) is 7.56. The minimum atomic E-state index is -0.0990. The third-order valence-electron chi connectivity index (χ3n) is 5.05. The number of halogens is 1. The van der Waals surface area contributed by atoms with Gasteiger partial charge in [-0.15, -0.1) is 12.4 Å². The number of carbonyl (C=O) groups is 1. The van der Waals surface area contributed by atoms with Crippen molar-refractivity contribution >= 4 is 24.0 Å². The number of aromatic amines is 1. The Kier molecular flexibility index (Phi) is 5.36. The molecule has 0 unspecified atom stereocenters. The Morgan fingerprint density at radius 1 is 1.26 bits per heavy atom. The predicted molar refractivity (Wildman–Crippen MR) is 103 cm³/mol. The summed E-state index contributed by atoms with van der Waals surface area (Å²) in [6, 6.07) is 5.36. The van der Waals surface area contributed by atoms with Crippen molar-refractivity contribution < 1.29 is 4.79 Å². The van der Waals surface area contributed by atoms with E-state index in [0.29, 0.717) is 18.7 Å². The molecule has 0 radical (unpaired) electrons. The Balaban J connectivity index is 0.00000210. The van der Waals surface area contributed by atoms with Gasteiger partial charge in [-0.1, -0.05) is 0 Å². The van der Waals surface area contributed by atoms with Crippen molar-refractivity contribution in [3.8, 4) is 0 Å². The Morgan fingerprint density at radius 2 is 2.00 bits per heavy atom. The molecule has 8 nitrogen and oxygen atoms in total. The van der Waals surface area contributed by atoms with Gasteiger partial charge in [0.25, 0.3) is 5.56 Å². The van der Waals surface area contributed by atoms with Crippen molar-refractivity contribution in [2.24, 2.45) is 0 Å². The Morgan fingerprint density at radius 3 is 2.67 bits per heavy atom. The standard InChI is InChI=1S/C18H22N6O2.ClH/c1-12-9-13(2)23(21-12)11-18(26)22-7-4-14(5-8-22)15-10-17(25)24-16(20-15)3-6-19-24;/h3,6,9-10,14,19H,4-5,7-8,11H2,1-2H3;1H. The van der Waals surface area contributed by atoms with E-state index in [0.717, 1.165) is 29.9 Å². The van der Waals surface area contributed by atoms with E-state index in [-0.39, 0.29) is 36.3 Å². The molecule has 1 fully saturated rings. The zero-order valence-corrected chi connectivity index (χ0v) is 16.2. The summed E-state index contributed by atoms with van der Waals surface area (Å²) >= 11 is 0. The fraction of sp³-hybridized carbons (Fsp3) is 0.444. The summed E-state index contributed by atoms with van der Waals surface area (Å²) in [5, 5.41) is 7.21. The van der Waals surface area contributed by atoms with E-state index in [1.807, 2.05) is 24.8 Å². The van der Waals surface area contributed by atoms with Crippen molar-refractivity contribution in [2.75, 3.05) is 13.1 Å². The molecule has 0 spiro atoms. The summed E-state index contributed by atoms with van der Waals surface area (Å²) in [5.74, 6) is 0.295. The number of carbonyl (C=O) groups excluding carboxylic acids is 1. The van der Waals surface area contributed by atoms with Crippen LogP contribution >= 0.6 is 12.4 Å². The third kappa shape index (κ3) is 3.75. The monoisotopic (exact) mass is 390 g/mol. The smallest absolute Gasteiger partial charge is 0.272 e. The second-order valence-electron chi connectivity index (χ2n) is 6.92. The molecule has 27 heavy (non-hydrogen) atoms. The Bertz CT molecular complexity index is 1010. The van der Waals surface area contributed by atoms with Crippen molar-refractivity contribution in [1.82, 2.24) is 29.3 Å². The van der Waals surface area contributed by atoms with Crippen molar-refractivity contribution in [1.29, 1.82) is 0 Å². The zero-order chi connectivity index (χ0) is 18.3. The third-order valence-corrected chi connectivity index (χ3v) is 5.05. The van der Waals surface area contributed by atoms with Crippen LogP contribution in [0.1, 0.15) is 35.8 Å². The van der Waals surface area contributed by atoms with Gasteiger partial charge >= 0.3 is 0 Å². The van der Waals surface area contributed by atoms with Crippen molar-refractivity contribution in [2.45, 2.75) is 39.2 Å². The first kappa shape index (κ1) is 19.2. The van der Waals surface area contributed by atoms with Gasteiger partial charge in [0.2, 0.25) is 5.91 Å². The minimum Gasteiger partial charge on any atom is -0.341 e. The molecule has 9 heteroatoms. The van der Waals surface area contributed by atoms with Crippen LogP contribution in [0.4, 0.5) is 0 Å². The highest BCUT2D eigenvalue weighted by atomic mass is 35.5. The number of H-pyrrole nitrogens is 1. The number of nitrogens with zero attached hydrogens (tertiary/aromatic N) is 5. The van der Waals surface area contributed by atoms with E-state index < -0.39 is 0 Å². The maximum Gasteiger partial charge on any atom is 0.272 e. The molecule has 0 atom stereocenters. The molecule has 1 N–H and O–H groups in total. The molecule has 0 saturated carbocycles.